The number of halogens is 3. The molecule has 0 aliphatic rings. The lowest BCUT2D eigenvalue weighted by atomic mass is 10.2. The third-order valence-corrected chi connectivity index (χ3v) is 4.46. The lowest BCUT2D eigenvalue weighted by molar-refractivity contribution is 0.621. The van der Waals surface area contributed by atoms with Crippen LogP contribution >= 0.6 is 34.2 Å². The van der Waals surface area contributed by atoms with E-state index >= 15 is 0 Å². The predicted molar refractivity (Wildman–Crippen MR) is 92.8 cm³/mol. The van der Waals surface area contributed by atoms with Gasteiger partial charge < -0.3 is 0 Å². The van der Waals surface area contributed by atoms with Crippen molar-refractivity contribution in [2.75, 3.05) is 0 Å². The van der Waals surface area contributed by atoms with Crippen molar-refractivity contribution in [3.05, 3.63) is 57.2 Å². The molecule has 0 amide bonds. The first-order valence-electron chi connectivity index (χ1n) is 6.56. The van der Waals surface area contributed by atoms with Gasteiger partial charge >= 0.3 is 0 Å². The van der Waals surface area contributed by atoms with E-state index in [1.54, 1.807) is 6.07 Å². The van der Waals surface area contributed by atoms with Crippen molar-refractivity contribution in [2.45, 2.75) is 19.2 Å². The van der Waals surface area contributed by atoms with Crippen LogP contribution in [0.5, 0.6) is 0 Å². The Balaban J connectivity index is 2.41. The average Bonchev–Trinajstić information content (AvgIpc) is 2.78. The van der Waals surface area contributed by atoms with Gasteiger partial charge in [0.2, 0.25) is 0 Å². The van der Waals surface area contributed by atoms with Crippen LogP contribution in [0.3, 0.4) is 0 Å². The topological polar surface area (TPSA) is 17.8 Å². The molecule has 0 N–H and O–H groups in total. The van der Waals surface area contributed by atoms with Crippen molar-refractivity contribution >= 4 is 45.2 Å². The van der Waals surface area contributed by atoms with Crippen LogP contribution in [-0.2, 0) is 0 Å². The van der Waals surface area contributed by atoms with E-state index in [1.165, 1.54) is 6.07 Å². The van der Waals surface area contributed by atoms with Crippen molar-refractivity contribution in [1.82, 2.24) is 9.55 Å². The summed E-state index contributed by atoms with van der Waals surface area (Å²) in [4.78, 5) is 4.59. The first-order chi connectivity index (χ1) is 9.99. The molecule has 3 rings (SSSR count). The molecule has 0 saturated carbocycles. The van der Waals surface area contributed by atoms with Gasteiger partial charge in [-0.3, -0.25) is 4.57 Å². The Morgan fingerprint density at radius 2 is 2.00 bits per heavy atom. The molecule has 0 bridgehead atoms. The lowest BCUT2D eigenvalue weighted by Gasteiger charge is -2.13. The average molecular weight is 415 g/mol. The molecule has 1 aromatic heterocycles. The second-order valence-corrected chi connectivity index (χ2v) is 6.78. The third-order valence-electron chi connectivity index (χ3n) is 3.43. The van der Waals surface area contributed by atoms with Crippen LogP contribution in [0.2, 0.25) is 0 Å². The van der Waals surface area contributed by atoms with Gasteiger partial charge in [0.1, 0.15) is 11.6 Å². The summed E-state index contributed by atoms with van der Waals surface area (Å²) < 4.78 is 16.5. The molecule has 0 spiro atoms. The predicted octanol–water partition coefficient (Wildman–Crippen LogP) is 5.38. The van der Waals surface area contributed by atoms with E-state index in [4.69, 9.17) is 11.6 Å². The summed E-state index contributed by atoms with van der Waals surface area (Å²) >= 11 is 8.26. The second kappa shape index (κ2) is 5.57. The first kappa shape index (κ1) is 14.8. The molecular formula is C16H13ClFIN2. The summed E-state index contributed by atoms with van der Waals surface area (Å²) in [7, 11) is 0. The van der Waals surface area contributed by atoms with Gasteiger partial charge in [0.15, 0.2) is 0 Å². The van der Waals surface area contributed by atoms with Crippen molar-refractivity contribution in [3.8, 4) is 5.69 Å². The number of nitrogens with zero attached hydrogens (tertiary/aromatic N) is 2. The second-order valence-electron chi connectivity index (χ2n) is 4.96. The monoisotopic (exact) mass is 414 g/mol. The van der Waals surface area contributed by atoms with E-state index in [2.05, 4.69) is 4.98 Å². The lowest BCUT2D eigenvalue weighted by Crippen LogP contribution is -2.03. The number of benzene rings is 2. The molecule has 0 fully saturated rings. The number of imidazole rings is 1. The summed E-state index contributed by atoms with van der Waals surface area (Å²) in [6.45, 7) is 3.89. The molecule has 2 aromatic carbocycles. The van der Waals surface area contributed by atoms with Crippen LogP contribution in [0.1, 0.15) is 23.7 Å². The summed E-state index contributed by atoms with van der Waals surface area (Å²) in [6, 6.07) is 11.2. The van der Waals surface area contributed by atoms with E-state index in [0.29, 0.717) is 3.57 Å². The van der Waals surface area contributed by atoms with E-state index in [-0.39, 0.29) is 11.2 Å². The Bertz CT molecular complexity index is 827. The molecule has 0 saturated heterocycles. The number of alkyl halides is 1. The SMILES string of the molecule is Cc1ccccc1-n1c(C(C)Cl)nc2cc(I)c(F)cc21. The van der Waals surface area contributed by atoms with Gasteiger partial charge in [-0.15, -0.1) is 11.6 Å². The normalized spacial score (nSPS) is 12.8. The highest BCUT2D eigenvalue weighted by Crippen LogP contribution is 2.31. The van der Waals surface area contributed by atoms with Crippen molar-refractivity contribution in [1.29, 1.82) is 0 Å². The fraction of sp³-hybridized carbons (Fsp3) is 0.188. The number of aryl methyl sites for hydroxylation is 1. The Morgan fingerprint density at radius 3 is 2.67 bits per heavy atom. The van der Waals surface area contributed by atoms with E-state index in [0.717, 1.165) is 28.1 Å². The molecule has 1 unspecified atom stereocenters. The molecule has 0 aliphatic heterocycles. The van der Waals surface area contributed by atoms with E-state index < -0.39 is 0 Å². The van der Waals surface area contributed by atoms with Gasteiger partial charge in [0.05, 0.1) is 25.7 Å². The number of rotatable bonds is 2. The fourth-order valence-corrected chi connectivity index (χ4v) is 3.02. The van der Waals surface area contributed by atoms with E-state index in [1.807, 2.05) is 65.3 Å². The smallest absolute Gasteiger partial charge is 0.138 e. The number of hydrogen-bond acceptors (Lipinski definition) is 1. The highest BCUT2D eigenvalue weighted by molar-refractivity contribution is 14.1. The van der Waals surface area contributed by atoms with Crippen molar-refractivity contribution in [2.24, 2.45) is 0 Å². The number of aromatic nitrogens is 2. The van der Waals surface area contributed by atoms with Crippen LogP contribution in [-0.4, -0.2) is 9.55 Å². The molecule has 108 valence electrons. The zero-order valence-electron chi connectivity index (χ0n) is 11.6. The van der Waals surface area contributed by atoms with Gasteiger partial charge in [-0.2, -0.15) is 0 Å². The highest BCUT2D eigenvalue weighted by Gasteiger charge is 2.18. The van der Waals surface area contributed by atoms with Gasteiger partial charge in [-0.1, -0.05) is 18.2 Å². The maximum absolute atomic E-state index is 14.0. The van der Waals surface area contributed by atoms with Crippen LogP contribution in [0.15, 0.2) is 36.4 Å². The molecule has 21 heavy (non-hydrogen) atoms. The van der Waals surface area contributed by atoms with Crippen LogP contribution in [0.4, 0.5) is 4.39 Å². The first-order valence-corrected chi connectivity index (χ1v) is 8.08. The van der Waals surface area contributed by atoms with Crippen LogP contribution in [0, 0.1) is 16.3 Å². The summed E-state index contributed by atoms with van der Waals surface area (Å²) in [5.41, 5.74) is 3.56. The molecule has 2 nitrogen and oxygen atoms in total. The maximum atomic E-state index is 14.0. The maximum Gasteiger partial charge on any atom is 0.138 e. The van der Waals surface area contributed by atoms with Crippen LogP contribution < -0.4 is 0 Å². The number of para-hydroxylation sites is 1. The largest absolute Gasteiger partial charge is 0.295 e. The van der Waals surface area contributed by atoms with E-state index in [9.17, 15) is 4.39 Å². The summed E-state index contributed by atoms with van der Waals surface area (Å²) in [5.74, 6) is 0.481. The standard InChI is InChI=1S/C16H13ClFIN2/c1-9-5-3-4-6-14(9)21-15-7-11(18)12(19)8-13(15)20-16(21)10(2)17/h3-8,10H,1-2H3. The minimum atomic E-state index is -0.266. The summed E-state index contributed by atoms with van der Waals surface area (Å²) in [5, 5.41) is -0.266. The Hall–Kier alpha value is -1.14. The third kappa shape index (κ3) is 2.55. The molecular weight excluding hydrogens is 402 g/mol. The van der Waals surface area contributed by atoms with Gasteiger partial charge in [-0.05, 0) is 54.1 Å². The minimum absolute atomic E-state index is 0.244. The molecule has 1 atom stereocenters. The minimum Gasteiger partial charge on any atom is -0.295 e. The molecule has 5 heteroatoms. The highest BCUT2D eigenvalue weighted by atomic mass is 127. The molecule has 0 aliphatic carbocycles. The Labute approximate surface area is 141 Å². The zero-order valence-corrected chi connectivity index (χ0v) is 14.5. The van der Waals surface area contributed by atoms with Gasteiger partial charge in [0.25, 0.3) is 0 Å². The number of fused-ring (bicyclic) bond motifs is 1. The molecule has 3 aromatic rings. The van der Waals surface area contributed by atoms with Crippen molar-refractivity contribution < 1.29 is 4.39 Å². The number of hydrogen-bond donors (Lipinski definition) is 0. The quantitative estimate of drug-likeness (QED) is 0.407. The Morgan fingerprint density at radius 1 is 1.29 bits per heavy atom. The van der Waals surface area contributed by atoms with Crippen LogP contribution in [0.25, 0.3) is 16.7 Å². The summed E-state index contributed by atoms with van der Waals surface area (Å²) in [6.07, 6.45) is 0. The Kier molecular flexibility index (Phi) is 3.92. The fourth-order valence-electron chi connectivity index (χ4n) is 2.43. The molecule has 1 heterocycles. The van der Waals surface area contributed by atoms with Crippen molar-refractivity contribution in [3.63, 3.8) is 0 Å². The molecule has 0 radical (unpaired) electrons. The zero-order chi connectivity index (χ0) is 15.1. The van der Waals surface area contributed by atoms with Gasteiger partial charge in [0, 0.05) is 6.07 Å². The van der Waals surface area contributed by atoms with Gasteiger partial charge in [-0.25, -0.2) is 9.37 Å².